The molecule has 1 amide bonds. The molecule has 6 nitrogen and oxygen atoms in total. The number of rotatable bonds is 4. The minimum atomic E-state index is 0.167. The Balaban J connectivity index is 1.32. The van der Waals surface area contributed by atoms with Crippen LogP contribution in [0, 0.1) is 0 Å². The third-order valence-corrected chi connectivity index (χ3v) is 5.13. The Labute approximate surface area is 166 Å². The van der Waals surface area contributed by atoms with Gasteiger partial charge in [-0.3, -0.25) is 4.79 Å². The molecule has 1 saturated heterocycles. The molecule has 2 aromatic heterocycles. The molecule has 0 atom stereocenters. The molecule has 0 unspecified atom stereocenters. The van der Waals surface area contributed by atoms with E-state index in [4.69, 9.17) is 0 Å². The van der Waals surface area contributed by atoms with Crippen LogP contribution in [0.3, 0.4) is 0 Å². The van der Waals surface area contributed by atoms with Crippen LogP contribution in [0.1, 0.15) is 5.56 Å². The molecule has 1 aliphatic heterocycles. The van der Waals surface area contributed by atoms with Crippen LogP contribution in [0.2, 0.25) is 0 Å². The summed E-state index contributed by atoms with van der Waals surface area (Å²) in [5.74, 6) is 0.881. The zero-order chi connectivity index (χ0) is 18.6. The third kappa shape index (κ3) is 4.19. The number of halogens is 1. The normalized spacial score (nSPS) is 14.4. The molecule has 27 heavy (non-hydrogen) atoms. The highest BCUT2D eigenvalue weighted by molar-refractivity contribution is 9.10. The summed E-state index contributed by atoms with van der Waals surface area (Å²) in [5.41, 5.74) is 2.13. The first-order valence-corrected chi connectivity index (χ1v) is 9.71. The van der Waals surface area contributed by atoms with Crippen molar-refractivity contribution in [3.05, 3.63) is 71.2 Å². The minimum absolute atomic E-state index is 0.167. The van der Waals surface area contributed by atoms with Gasteiger partial charge in [-0.1, -0.05) is 12.1 Å². The molecule has 3 aromatic rings. The van der Waals surface area contributed by atoms with Crippen LogP contribution in [-0.4, -0.2) is 51.5 Å². The van der Waals surface area contributed by atoms with Gasteiger partial charge in [0.15, 0.2) is 0 Å². The fourth-order valence-electron chi connectivity index (χ4n) is 3.20. The number of nitrogens with zero attached hydrogens (tertiary/aromatic N) is 5. The number of anilines is 1. The summed E-state index contributed by atoms with van der Waals surface area (Å²) in [7, 11) is 0. The van der Waals surface area contributed by atoms with Crippen LogP contribution in [-0.2, 0) is 11.2 Å². The Morgan fingerprint density at radius 1 is 0.963 bits per heavy atom. The molecule has 0 saturated carbocycles. The van der Waals surface area contributed by atoms with Crippen LogP contribution in [0.25, 0.3) is 5.69 Å². The molecule has 1 fully saturated rings. The van der Waals surface area contributed by atoms with Gasteiger partial charge in [-0.25, -0.2) is 9.97 Å². The first kappa shape index (κ1) is 17.7. The van der Waals surface area contributed by atoms with E-state index in [1.54, 1.807) is 12.4 Å². The molecule has 3 heterocycles. The van der Waals surface area contributed by atoms with Crippen molar-refractivity contribution in [3.8, 4) is 5.69 Å². The van der Waals surface area contributed by atoms with Crippen molar-refractivity contribution in [1.82, 2.24) is 19.4 Å². The summed E-state index contributed by atoms with van der Waals surface area (Å²) in [5, 5.41) is 0. The lowest BCUT2D eigenvalue weighted by molar-refractivity contribution is -0.130. The maximum Gasteiger partial charge on any atom is 0.227 e. The molecule has 0 aliphatic carbocycles. The van der Waals surface area contributed by atoms with Gasteiger partial charge >= 0.3 is 0 Å². The Bertz CT molecular complexity index is 885. The second-order valence-electron chi connectivity index (χ2n) is 6.50. The first-order valence-electron chi connectivity index (χ1n) is 8.91. The maximum absolute atomic E-state index is 12.6. The molecular formula is C20H20BrN5O. The fourth-order valence-corrected chi connectivity index (χ4v) is 3.41. The highest BCUT2D eigenvalue weighted by Crippen LogP contribution is 2.15. The van der Waals surface area contributed by atoms with Gasteiger partial charge in [-0.2, -0.15) is 0 Å². The fraction of sp³-hybridized carbons (Fsp3) is 0.250. The predicted molar refractivity (Wildman–Crippen MR) is 108 cm³/mol. The van der Waals surface area contributed by atoms with Gasteiger partial charge in [-0.05, 0) is 45.8 Å². The SMILES string of the molecule is O=C(Cc1ccc(-n2cccc2)cc1)N1CCN(c2ncc(Br)cn2)CC1. The monoisotopic (exact) mass is 425 g/mol. The number of amides is 1. The number of carbonyl (C=O) groups is 1. The van der Waals surface area contributed by atoms with Crippen molar-refractivity contribution in [2.75, 3.05) is 31.1 Å². The smallest absolute Gasteiger partial charge is 0.227 e. The van der Waals surface area contributed by atoms with E-state index in [2.05, 4.69) is 35.4 Å². The molecule has 0 spiro atoms. The topological polar surface area (TPSA) is 54.3 Å². The van der Waals surface area contributed by atoms with Crippen molar-refractivity contribution >= 4 is 27.8 Å². The van der Waals surface area contributed by atoms with E-state index in [1.165, 1.54) is 0 Å². The van der Waals surface area contributed by atoms with Crippen molar-refractivity contribution in [2.45, 2.75) is 6.42 Å². The standard InChI is InChI=1S/C20H20BrN5O/c21-17-14-22-20(23-15-17)26-11-9-25(10-12-26)19(27)13-16-3-5-18(6-4-16)24-7-1-2-8-24/h1-8,14-15H,9-13H2. The lowest BCUT2D eigenvalue weighted by Gasteiger charge is -2.34. The van der Waals surface area contributed by atoms with Crippen molar-refractivity contribution < 1.29 is 4.79 Å². The van der Waals surface area contributed by atoms with E-state index in [9.17, 15) is 4.79 Å². The second-order valence-corrected chi connectivity index (χ2v) is 7.42. The Morgan fingerprint density at radius 2 is 1.59 bits per heavy atom. The number of carbonyl (C=O) groups excluding carboxylic acids is 1. The third-order valence-electron chi connectivity index (χ3n) is 4.72. The average Bonchev–Trinajstić information content (AvgIpc) is 3.24. The van der Waals surface area contributed by atoms with Crippen LogP contribution in [0.15, 0.2) is 65.7 Å². The summed E-state index contributed by atoms with van der Waals surface area (Å²) in [4.78, 5) is 25.3. The minimum Gasteiger partial charge on any atom is -0.339 e. The zero-order valence-corrected chi connectivity index (χ0v) is 16.4. The van der Waals surface area contributed by atoms with E-state index in [1.807, 2.05) is 53.7 Å². The number of hydrogen-bond donors (Lipinski definition) is 0. The summed E-state index contributed by atoms with van der Waals surface area (Å²) in [6.45, 7) is 2.89. The predicted octanol–water partition coefficient (Wildman–Crippen LogP) is 2.92. The molecule has 7 heteroatoms. The average molecular weight is 426 g/mol. The Kier molecular flexibility index (Phi) is 5.20. The number of aromatic nitrogens is 3. The largest absolute Gasteiger partial charge is 0.339 e. The summed E-state index contributed by atoms with van der Waals surface area (Å²) in [6, 6.07) is 12.1. The van der Waals surface area contributed by atoms with E-state index < -0.39 is 0 Å². The van der Waals surface area contributed by atoms with E-state index in [-0.39, 0.29) is 5.91 Å². The highest BCUT2D eigenvalue weighted by Gasteiger charge is 2.22. The lowest BCUT2D eigenvalue weighted by atomic mass is 10.1. The van der Waals surface area contributed by atoms with Gasteiger partial charge in [0.1, 0.15) is 0 Å². The van der Waals surface area contributed by atoms with Crippen LogP contribution < -0.4 is 4.90 Å². The summed E-state index contributed by atoms with van der Waals surface area (Å²) >= 11 is 3.35. The first-order chi connectivity index (χ1) is 13.2. The molecule has 0 N–H and O–H groups in total. The molecule has 4 rings (SSSR count). The number of hydrogen-bond acceptors (Lipinski definition) is 4. The van der Waals surface area contributed by atoms with Gasteiger partial charge in [0.05, 0.1) is 10.9 Å². The van der Waals surface area contributed by atoms with Gasteiger partial charge in [-0.15, -0.1) is 0 Å². The number of piperazine rings is 1. The van der Waals surface area contributed by atoms with Crippen molar-refractivity contribution in [3.63, 3.8) is 0 Å². The van der Waals surface area contributed by atoms with E-state index in [0.717, 1.165) is 28.8 Å². The summed E-state index contributed by atoms with van der Waals surface area (Å²) < 4.78 is 2.91. The zero-order valence-electron chi connectivity index (χ0n) is 14.8. The van der Waals surface area contributed by atoms with Gasteiger partial charge in [0.2, 0.25) is 11.9 Å². The Morgan fingerprint density at radius 3 is 2.22 bits per heavy atom. The van der Waals surface area contributed by atoms with E-state index in [0.29, 0.717) is 25.5 Å². The number of benzene rings is 1. The Hall–Kier alpha value is -2.67. The van der Waals surface area contributed by atoms with Crippen LogP contribution in [0.5, 0.6) is 0 Å². The van der Waals surface area contributed by atoms with Crippen LogP contribution >= 0.6 is 15.9 Å². The van der Waals surface area contributed by atoms with Gasteiger partial charge < -0.3 is 14.4 Å². The van der Waals surface area contributed by atoms with Gasteiger partial charge in [0, 0.05) is 56.7 Å². The van der Waals surface area contributed by atoms with Crippen LogP contribution in [0.4, 0.5) is 5.95 Å². The maximum atomic E-state index is 12.6. The highest BCUT2D eigenvalue weighted by atomic mass is 79.9. The molecule has 138 valence electrons. The second kappa shape index (κ2) is 7.92. The van der Waals surface area contributed by atoms with Gasteiger partial charge in [0.25, 0.3) is 0 Å². The molecule has 1 aromatic carbocycles. The van der Waals surface area contributed by atoms with Crippen molar-refractivity contribution in [1.29, 1.82) is 0 Å². The molecule has 0 radical (unpaired) electrons. The van der Waals surface area contributed by atoms with E-state index >= 15 is 0 Å². The molecule has 1 aliphatic rings. The quantitative estimate of drug-likeness (QED) is 0.644. The van der Waals surface area contributed by atoms with Crippen molar-refractivity contribution in [2.24, 2.45) is 0 Å². The molecule has 0 bridgehead atoms. The molecular weight excluding hydrogens is 406 g/mol. The lowest BCUT2D eigenvalue weighted by Crippen LogP contribution is -2.49. The summed E-state index contributed by atoms with van der Waals surface area (Å²) in [6.07, 6.45) is 7.94.